The van der Waals surface area contributed by atoms with Crippen LogP contribution in [0.2, 0.25) is 0 Å². The van der Waals surface area contributed by atoms with E-state index in [1.165, 1.54) is 12.1 Å². The van der Waals surface area contributed by atoms with E-state index in [9.17, 15) is 14.0 Å². The Hall–Kier alpha value is -2.89. The molecule has 2 aromatic rings. The van der Waals surface area contributed by atoms with Crippen LogP contribution < -0.4 is 15.0 Å². The van der Waals surface area contributed by atoms with Crippen LogP contribution >= 0.6 is 0 Å². The molecule has 6 heteroatoms. The van der Waals surface area contributed by atoms with Crippen molar-refractivity contribution in [3.05, 3.63) is 53.8 Å². The molecule has 0 bridgehead atoms. The molecule has 0 spiro atoms. The van der Waals surface area contributed by atoms with E-state index in [-0.39, 0.29) is 23.6 Å². The van der Waals surface area contributed by atoms with Crippen molar-refractivity contribution in [2.45, 2.75) is 45.8 Å². The number of rotatable bonds is 5. The van der Waals surface area contributed by atoms with Crippen LogP contribution in [0.3, 0.4) is 0 Å². The summed E-state index contributed by atoms with van der Waals surface area (Å²) in [5, 5.41) is 2.83. The molecule has 1 heterocycles. The van der Waals surface area contributed by atoms with Crippen LogP contribution in [0.5, 0.6) is 5.75 Å². The lowest BCUT2D eigenvalue weighted by atomic mass is 10.1. The molecule has 1 N–H and O–H groups in total. The molecule has 0 saturated carbocycles. The Morgan fingerprint density at radius 3 is 2.70 bits per heavy atom. The molecule has 0 unspecified atom stereocenters. The summed E-state index contributed by atoms with van der Waals surface area (Å²) in [6.45, 7) is 5.35. The molecular weight excluding hydrogens is 347 g/mol. The number of hydrogen-bond donors (Lipinski definition) is 1. The number of nitrogens with one attached hydrogen (secondary N) is 1. The van der Waals surface area contributed by atoms with Gasteiger partial charge in [0.15, 0.2) is 17.7 Å². The highest BCUT2D eigenvalue weighted by Gasteiger charge is 2.29. The monoisotopic (exact) mass is 370 g/mol. The number of amides is 2. The normalized spacial score (nSPS) is 16.6. The number of hydrogen-bond acceptors (Lipinski definition) is 3. The summed E-state index contributed by atoms with van der Waals surface area (Å²) >= 11 is 0. The topological polar surface area (TPSA) is 58.6 Å². The molecule has 3 rings (SSSR count). The molecule has 0 saturated heterocycles. The standard InChI is InChI=1S/C21H23FN2O3/c1-4-19(27-20-8-6-5-7-17(20)22)21(26)23-16-9-10-18-15(12-16)11-13(2)24(18)14(3)25/h5-10,12-13,19H,4,11H2,1-3H3,(H,23,26)/t13-,19-/m1/s1. The quantitative estimate of drug-likeness (QED) is 0.868. The molecule has 5 nitrogen and oxygen atoms in total. The Labute approximate surface area is 158 Å². The lowest BCUT2D eigenvalue weighted by molar-refractivity contribution is -0.123. The summed E-state index contributed by atoms with van der Waals surface area (Å²) < 4.78 is 19.3. The molecule has 0 aromatic heterocycles. The highest BCUT2D eigenvalue weighted by atomic mass is 19.1. The zero-order valence-electron chi connectivity index (χ0n) is 15.7. The van der Waals surface area contributed by atoms with Crippen molar-refractivity contribution < 1.29 is 18.7 Å². The second kappa shape index (κ2) is 7.78. The molecule has 0 fully saturated rings. The minimum Gasteiger partial charge on any atom is -0.478 e. The van der Waals surface area contributed by atoms with E-state index in [1.54, 1.807) is 36.9 Å². The van der Waals surface area contributed by atoms with E-state index in [0.717, 1.165) is 17.7 Å². The largest absolute Gasteiger partial charge is 0.478 e. The average Bonchev–Trinajstić information content (AvgIpc) is 2.96. The molecule has 1 aliphatic heterocycles. The number of benzene rings is 2. The van der Waals surface area contributed by atoms with E-state index in [2.05, 4.69) is 5.32 Å². The summed E-state index contributed by atoms with van der Waals surface area (Å²) in [7, 11) is 0. The van der Waals surface area contributed by atoms with Gasteiger partial charge in [0.2, 0.25) is 5.91 Å². The smallest absolute Gasteiger partial charge is 0.265 e. The van der Waals surface area contributed by atoms with Crippen molar-refractivity contribution in [2.24, 2.45) is 0 Å². The van der Waals surface area contributed by atoms with Crippen molar-refractivity contribution in [3.63, 3.8) is 0 Å². The number of carbonyl (C=O) groups excluding carboxylic acids is 2. The van der Waals surface area contributed by atoms with Crippen molar-refractivity contribution in [2.75, 3.05) is 10.2 Å². The minimum atomic E-state index is -0.803. The van der Waals surface area contributed by atoms with Gasteiger partial charge in [-0.15, -0.1) is 0 Å². The van der Waals surface area contributed by atoms with Crippen LogP contribution in [0, 0.1) is 5.82 Å². The number of para-hydroxylation sites is 1. The van der Waals surface area contributed by atoms with Gasteiger partial charge in [-0.3, -0.25) is 9.59 Å². The Balaban J connectivity index is 1.73. The highest BCUT2D eigenvalue weighted by molar-refractivity contribution is 5.97. The third kappa shape index (κ3) is 3.94. The zero-order chi connectivity index (χ0) is 19.6. The molecule has 27 heavy (non-hydrogen) atoms. The Bertz CT molecular complexity index is 868. The number of nitrogens with zero attached hydrogens (tertiary/aromatic N) is 1. The molecule has 1 aliphatic rings. The Morgan fingerprint density at radius 1 is 1.30 bits per heavy atom. The molecule has 0 aliphatic carbocycles. The third-order valence-corrected chi connectivity index (χ3v) is 4.67. The van der Waals surface area contributed by atoms with Gasteiger partial charge in [0.1, 0.15) is 0 Å². The second-order valence-corrected chi connectivity index (χ2v) is 6.72. The summed E-state index contributed by atoms with van der Waals surface area (Å²) in [6.07, 6.45) is 0.338. The highest BCUT2D eigenvalue weighted by Crippen LogP contribution is 2.34. The van der Waals surface area contributed by atoms with Crippen LogP contribution in [0.25, 0.3) is 0 Å². The number of anilines is 2. The van der Waals surface area contributed by atoms with Gasteiger partial charge in [-0.1, -0.05) is 19.1 Å². The van der Waals surface area contributed by atoms with E-state index in [4.69, 9.17) is 4.74 Å². The zero-order valence-corrected chi connectivity index (χ0v) is 15.7. The van der Waals surface area contributed by atoms with Crippen molar-refractivity contribution in [3.8, 4) is 5.75 Å². The van der Waals surface area contributed by atoms with Crippen molar-refractivity contribution >= 4 is 23.2 Å². The number of ether oxygens (including phenoxy) is 1. The van der Waals surface area contributed by atoms with Crippen LogP contribution in [-0.2, 0) is 16.0 Å². The van der Waals surface area contributed by atoms with Gasteiger partial charge in [0, 0.05) is 24.3 Å². The molecular formula is C21H23FN2O3. The van der Waals surface area contributed by atoms with E-state index in [1.807, 2.05) is 19.1 Å². The van der Waals surface area contributed by atoms with Crippen LogP contribution in [0.4, 0.5) is 15.8 Å². The van der Waals surface area contributed by atoms with Crippen molar-refractivity contribution in [1.82, 2.24) is 0 Å². The Kier molecular flexibility index (Phi) is 5.44. The first-order valence-electron chi connectivity index (χ1n) is 9.05. The van der Waals surface area contributed by atoms with Crippen LogP contribution in [-0.4, -0.2) is 24.0 Å². The van der Waals surface area contributed by atoms with Gasteiger partial charge in [-0.2, -0.15) is 0 Å². The molecule has 142 valence electrons. The molecule has 2 atom stereocenters. The first-order chi connectivity index (χ1) is 12.9. The van der Waals surface area contributed by atoms with Gasteiger partial charge in [-0.25, -0.2) is 4.39 Å². The maximum absolute atomic E-state index is 13.8. The summed E-state index contributed by atoms with van der Waals surface area (Å²) in [6, 6.07) is 11.6. The van der Waals surface area contributed by atoms with Crippen LogP contribution in [0.1, 0.15) is 32.8 Å². The number of halogens is 1. The van der Waals surface area contributed by atoms with E-state index >= 15 is 0 Å². The predicted octanol–water partition coefficient (Wildman–Crippen LogP) is 3.92. The Morgan fingerprint density at radius 2 is 2.04 bits per heavy atom. The SMILES string of the molecule is CC[C@@H](Oc1ccccc1F)C(=O)Nc1ccc2c(c1)C[C@@H](C)N2C(C)=O. The third-order valence-electron chi connectivity index (χ3n) is 4.67. The van der Waals surface area contributed by atoms with Gasteiger partial charge in [0.25, 0.3) is 5.91 Å². The second-order valence-electron chi connectivity index (χ2n) is 6.72. The first-order valence-corrected chi connectivity index (χ1v) is 9.05. The van der Waals surface area contributed by atoms with Crippen molar-refractivity contribution in [1.29, 1.82) is 0 Å². The molecule has 2 aromatic carbocycles. The number of fused-ring (bicyclic) bond motifs is 1. The fourth-order valence-electron chi connectivity index (χ4n) is 3.43. The van der Waals surface area contributed by atoms with E-state index in [0.29, 0.717) is 12.1 Å². The van der Waals surface area contributed by atoms with Gasteiger partial charge < -0.3 is 15.0 Å². The fraction of sp³-hybridized carbons (Fsp3) is 0.333. The van der Waals surface area contributed by atoms with Crippen LogP contribution in [0.15, 0.2) is 42.5 Å². The molecule has 2 amide bonds. The number of carbonyl (C=O) groups is 2. The van der Waals surface area contributed by atoms with Gasteiger partial charge in [-0.05, 0) is 55.7 Å². The summed E-state index contributed by atoms with van der Waals surface area (Å²) in [5.41, 5.74) is 2.52. The van der Waals surface area contributed by atoms with Gasteiger partial charge >= 0.3 is 0 Å². The average molecular weight is 370 g/mol. The predicted molar refractivity (Wildman–Crippen MR) is 103 cm³/mol. The first kappa shape index (κ1) is 18.9. The van der Waals surface area contributed by atoms with Gasteiger partial charge in [0.05, 0.1) is 0 Å². The minimum absolute atomic E-state index is 0.00219. The summed E-state index contributed by atoms with van der Waals surface area (Å²) in [5.74, 6) is -0.781. The summed E-state index contributed by atoms with van der Waals surface area (Å²) in [4.78, 5) is 26.2. The lowest BCUT2D eigenvalue weighted by Gasteiger charge is -2.21. The molecule has 0 radical (unpaired) electrons. The maximum Gasteiger partial charge on any atom is 0.265 e. The lowest BCUT2D eigenvalue weighted by Crippen LogP contribution is -2.33. The fourth-order valence-corrected chi connectivity index (χ4v) is 3.43. The van der Waals surface area contributed by atoms with E-state index < -0.39 is 11.9 Å². The maximum atomic E-state index is 13.8.